The molecule has 0 nitrogen and oxygen atoms in total. The van der Waals surface area contributed by atoms with Crippen LogP contribution in [0, 0.1) is 10.8 Å². The summed E-state index contributed by atoms with van der Waals surface area (Å²) in [4.78, 5) is -0.338. The Bertz CT molecular complexity index is 762. The van der Waals surface area contributed by atoms with Gasteiger partial charge in [-0.25, -0.2) is 0 Å². The van der Waals surface area contributed by atoms with Crippen molar-refractivity contribution in [2.45, 2.75) is 155 Å². The van der Waals surface area contributed by atoms with E-state index in [9.17, 15) is 0 Å². The molecule has 0 saturated carbocycles. The minimum absolute atomic E-state index is 0.107. The van der Waals surface area contributed by atoms with Crippen molar-refractivity contribution in [1.82, 2.24) is 0 Å². The third kappa shape index (κ3) is 16.5. The molecule has 0 atom stereocenters. The third-order valence-corrected chi connectivity index (χ3v) is 8.62. The van der Waals surface area contributed by atoms with Gasteiger partial charge in [0.25, 0.3) is 0 Å². The van der Waals surface area contributed by atoms with Crippen molar-refractivity contribution in [2.24, 2.45) is 10.8 Å². The summed E-state index contributed by atoms with van der Waals surface area (Å²) in [5, 5.41) is 0. The van der Waals surface area contributed by atoms with Gasteiger partial charge >= 0.3 is 0 Å². The zero-order valence-electron chi connectivity index (χ0n) is 27.4. The Morgan fingerprint density at radius 3 is 1.03 bits per heavy atom. The molecule has 0 aliphatic heterocycles. The van der Waals surface area contributed by atoms with E-state index in [0.29, 0.717) is 0 Å². The van der Waals surface area contributed by atoms with Crippen LogP contribution in [0.5, 0.6) is 0 Å². The van der Waals surface area contributed by atoms with Crippen molar-refractivity contribution in [3.05, 3.63) is 48.0 Å². The molecule has 37 heavy (non-hydrogen) atoms. The van der Waals surface area contributed by atoms with E-state index >= 15 is 0 Å². The van der Waals surface area contributed by atoms with Crippen molar-refractivity contribution in [3.63, 3.8) is 0 Å². The SMILES string of the molecule is C=CC[Si](C)(C)C.CC(C)(Cl)CC(C)(C)CC(C)(C)c1ccc(C(C)(C)CC(C)(C)CC(C)(C)Cl)cc1. The van der Waals surface area contributed by atoms with Crippen molar-refractivity contribution >= 4 is 31.3 Å². The second kappa shape index (κ2) is 12.9. The van der Waals surface area contributed by atoms with Gasteiger partial charge in [0, 0.05) is 17.8 Å². The number of benzene rings is 1. The quantitative estimate of drug-likeness (QED) is 0.133. The van der Waals surface area contributed by atoms with Gasteiger partial charge in [0.05, 0.1) is 0 Å². The molecule has 0 radical (unpaired) electrons. The predicted molar refractivity (Wildman–Crippen MR) is 177 cm³/mol. The van der Waals surface area contributed by atoms with Crippen LogP contribution in [0.25, 0.3) is 0 Å². The third-order valence-electron chi connectivity index (χ3n) is 6.84. The van der Waals surface area contributed by atoms with E-state index in [1.165, 1.54) is 17.2 Å². The van der Waals surface area contributed by atoms with Crippen LogP contribution in [0.2, 0.25) is 25.7 Å². The molecule has 0 fully saturated rings. The van der Waals surface area contributed by atoms with Crippen LogP contribution in [0.4, 0.5) is 0 Å². The largest absolute Gasteiger partial charge is 0.120 e. The van der Waals surface area contributed by atoms with E-state index in [1.807, 2.05) is 6.08 Å². The maximum Gasteiger partial charge on any atom is 0.0480 e. The Morgan fingerprint density at radius 1 is 0.595 bits per heavy atom. The first-order chi connectivity index (χ1) is 16.1. The molecule has 0 aliphatic rings. The van der Waals surface area contributed by atoms with E-state index in [4.69, 9.17) is 23.2 Å². The van der Waals surface area contributed by atoms with E-state index in [2.05, 4.69) is 134 Å². The molecule has 3 heteroatoms. The normalized spacial score (nSPS) is 14.2. The molecule has 0 N–H and O–H groups in total. The Labute approximate surface area is 244 Å². The molecule has 1 aromatic rings. The van der Waals surface area contributed by atoms with Gasteiger partial charge in [-0.1, -0.05) is 105 Å². The highest BCUT2D eigenvalue weighted by atomic mass is 35.5. The van der Waals surface area contributed by atoms with Crippen LogP contribution >= 0.6 is 23.2 Å². The van der Waals surface area contributed by atoms with Crippen LogP contribution in [0.1, 0.15) is 120 Å². The lowest BCUT2D eigenvalue weighted by molar-refractivity contribution is 0.217. The van der Waals surface area contributed by atoms with Gasteiger partial charge in [0.15, 0.2) is 0 Å². The minimum Gasteiger partial charge on any atom is -0.120 e. The summed E-state index contributed by atoms with van der Waals surface area (Å²) in [5.74, 6) is 0. The van der Waals surface area contributed by atoms with Gasteiger partial charge in [-0.2, -0.15) is 0 Å². The summed E-state index contributed by atoms with van der Waals surface area (Å²) in [5.41, 5.74) is 3.40. The Morgan fingerprint density at radius 2 is 0.865 bits per heavy atom. The summed E-state index contributed by atoms with van der Waals surface area (Å²) >= 11 is 13.1. The molecule has 1 aromatic carbocycles. The zero-order chi connectivity index (χ0) is 29.7. The van der Waals surface area contributed by atoms with Gasteiger partial charge < -0.3 is 0 Å². The first kappa shape index (κ1) is 36.8. The Hall–Kier alpha value is -0.243. The first-order valence-corrected chi connectivity index (χ1v) is 18.7. The lowest BCUT2D eigenvalue weighted by atomic mass is 9.67. The van der Waals surface area contributed by atoms with E-state index in [-0.39, 0.29) is 31.4 Å². The fraction of sp³-hybridized carbons (Fsp3) is 0.765. The van der Waals surface area contributed by atoms with Gasteiger partial charge in [0.2, 0.25) is 0 Å². The average molecular weight is 570 g/mol. The molecule has 0 aliphatic carbocycles. The highest BCUT2D eigenvalue weighted by Crippen LogP contribution is 2.45. The van der Waals surface area contributed by atoms with Crippen molar-refractivity contribution in [1.29, 1.82) is 0 Å². The standard InChI is InChI=1S/C28H48Cl2.C6H14Si/c1-23(2,19-27(9,10)29)17-25(5,6)21-13-15-22(16-14-21)26(7,8)18-24(3,4)20-28(11,12)30;1-5-6-7(2,3)4/h13-16H,17-20H2,1-12H3;5H,1,6H2,2-4H3. The number of halogens is 2. The lowest BCUT2D eigenvalue weighted by Crippen LogP contribution is -2.32. The van der Waals surface area contributed by atoms with Gasteiger partial charge in [0.1, 0.15) is 0 Å². The zero-order valence-corrected chi connectivity index (χ0v) is 29.9. The summed E-state index contributed by atoms with van der Waals surface area (Å²) in [6, 6.07) is 10.6. The van der Waals surface area contributed by atoms with Crippen LogP contribution in [-0.4, -0.2) is 17.8 Å². The molecule has 0 bridgehead atoms. The van der Waals surface area contributed by atoms with Crippen LogP contribution < -0.4 is 0 Å². The maximum atomic E-state index is 6.55. The summed E-state index contributed by atoms with van der Waals surface area (Å²) in [6.07, 6.45) is 6.24. The topological polar surface area (TPSA) is 0 Å². The van der Waals surface area contributed by atoms with Crippen LogP contribution in [0.3, 0.4) is 0 Å². The Kier molecular flexibility index (Phi) is 12.9. The fourth-order valence-corrected chi connectivity index (χ4v) is 8.39. The van der Waals surface area contributed by atoms with Gasteiger partial charge in [-0.15, -0.1) is 29.8 Å². The summed E-state index contributed by atoms with van der Waals surface area (Å²) in [6.45, 7) is 38.0. The van der Waals surface area contributed by atoms with E-state index in [1.54, 1.807) is 0 Å². The van der Waals surface area contributed by atoms with Gasteiger partial charge in [-0.3, -0.25) is 0 Å². The molecule has 0 heterocycles. The monoisotopic (exact) mass is 568 g/mol. The Balaban J connectivity index is 0.00000161. The first-order valence-electron chi connectivity index (χ1n) is 14.2. The lowest BCUT2D eigenvalue weighted by Gasteiger charge is -2.40. The molecule has 0 unspecified atom stereocenters. The molecule has 0 aromatic heterocycles. The number of alkyl halides is 2. The molecule has 216 valence electrons. The number of hydrogen-bond donors (Lipinski definition) is 0. The molecular weight excluding hydrogens is 507 g/mol. The molecule has 0 amide bonds. The van der Waals surface area contributed by atoms with E-state index < -0.39 is 8.07 Å². The highest BCUT2D eigenvalue weighted by Gasteiger charge is 2.36. The molecule has 0 spiro atoms. The smallest absolute Gasteiger partial charge is 0.0480 e. The minimum atomic E-state index is -0.775. The second-order valence-electron chi connectivity index (χ2n) is 16.9. The summed E-state index contributed by atoms with van der Waals surface area (Å²) < 4.78 is 0. The van der Waals surface area contributed by atoms with Crippen molar-refractivity contribution in [3.8, 4) is 0 Å². The maximum absolute atomic E-state index is 6.55. The fourth-order valence-electron chi connectivity index (χ4n) is 6.80. The average Bonchev–Trinajstić information content (AvgIpc) is 2.54. The van der Waals surface area contributed by atoms with Crippen LogP contribution in [-0.2, 0) is 10.8 Å². The number of allylic oxidation sites excluding steroid dienone is 1. The predicted octanol–water partition coefficient (Wildman–Crippen LogP) is 12.4. The number of hydrogen-bond acceptors (Lipinski definition) is 0. The van der Waals surface area contributed by atoms with E-state index in [0.717, 1.165) is 25.7 Å². The summed E-state index contributed by atoms with van der Waals surface area (Å²) in [7, 11) is -0.775. The highest BCUT2D eigenvalue weighted by molar-refractivity contribution is 6.76. The molecular formula is C34H62Cl2Si. The molecule has 1 rings (SSSR count). The van der Waals surface area contributed by atoms with Gasteiger partial charge in [-0.05, 0) is 92.2 Å². The molecule has 0 saturated heterocycles. The second-order valence-corrected chi connectivity index (χ2v) is 24.4. The van der Waals surface area contributed by atoms with Crippen LogP contribution in [0.15, 0.2) is 36.9 Å². The van der Waals surface area contributed by atoms with Crippen molar-refractivity contribution in [2.75, 3.05) is 0 Å². The van der Waals surface area contributed by atoms with Crippen molar-refractivity contribution < 1.29 is 0 Å². The number of rotatable bonds is 12.